The highest BCUT2D eigenvalue weighted by Crippen LogP contribution is 2.28. The van der Waals surface area contributed by atoms with E-state index in [-0.39, 0.29) is 51.1 Å². The number of carbonyl (C=O) groups excluding carboxylic acids is 3. The molecule has 12 heteroatoms. The van der Waals surface area contributed by atoms with Crippen LogP contribution in [0.3, 0.4) is 0 Å². The van der Waals surface area contributed by atoms with Crippen molar-refractivity contribution in [3.05, 3.63) is 35.9 Å². The number of benzene rings is 1. The third-order valence-electron chi connectivity index (χ3n) is 6.71. The zero-order valence-electron chi connectivity index (χ0n) is 26.7. The molecule has 1 aromatic rings. The topological polar surface area (TPSA) is 141 Å². The highest BCUT2D eigenvalue weighted by atomic mass is 16.6. The molecule has 1 N–H and O–H groups in total. The second-order valence-corrected chi connectivity index (χ2v) is 12.8. The van der Waals surface area contributed by atoms with Crippen LogP contribution in [0.4, 0.5) is 9.59 Å². The molecule has 12 nitrogen and oxygen atoms in total. The van der Waals surface area contributed by atoms with Gasteiger partial charge in [-0.2, -0.15) is 0 Å². The fraction of sp³-hybridized carbons (Fsp3) is 0.688. The van der Waals surface area contributed by atoms with E-state index in [2.05, 4.69) is 0 Å². The second-order valence-electron chi connectivity index (χ2n) is 12.8. The highest BCUT2D eigenvalue weighted by Gasteiger charge is 2.42. The van der Waals surface area contributed by atoms with Gasteiger partial charge in [0.25, 0.3) is 0 Å². The zero-order valence-corrected chi connectivity index (χ0v) is 26.7. The quantitative estimate of drug-likeness (QED) is 0.311. The molecule has 0 aliphatic carbocycles. The number of hydrogen-bond donors (Lipinski definition) is 1. The molecule has 0 spiro atoms. The van der Waals surface area contributed by atoms with Crippen molar-refractivity contribution in [2.24, 2.45) is 11.8 Å². The number of aliphatic carboxylic acids is 1. The largest absolute Gasteiger partial charge is 0.481 e. The molecule has 44 heavy (non-hydrogen) atoms. The van der Waals surface area contributed by atoms with Crippen LogP contribution in [0.25, 0.3) is 0 Å². The van der Waals surface area contributed by atoms with Crippen molar-refractivity contribution >= 4 is 24.1 Å². The summed E-state index contributed by atoms with van der Waals surface area (Å²) in [6.45, 7) is 12.2. The van der Waals surface area contributed by atoms with Gasteiger partial charge >= 0.3 is 24.1 Å². The molecule has 2 saturated heterocycles. The van der Waals surface area contributed by atoms with Crippen molar-refractivity contribution in [1.82, 2.24) is 9.80 Å². The van der Waals surface area contributed by atoms with Gasteiger partial charge in [-0.05, 0) is 59.9 Å². The molecule has 0 aromatic heterocycles. The van der Waals surface area contributed by atoms with E-state index in [1.165, 1.54) is 12.0 Å². The van der Waals surface area contributed by atoms with E-state index < -0.39 is 35.3 Å². The molecule has 4 atom stereocenters. The number of nitrogens with zero attached hydrogens (tertiary/aromatic N) is 2. The molecular formula is C32H52N2O10. The van der Waals surface area contributed by atoms with E-state index >= 15 is 0 Å². The van der Waals surface area contributed by atoms with E-state index in [1.54, 1.807) is 32.8 Å². The second kappa shape index (κ2) is 17.2. The molecule has 1 aromatic carbocycles. The lowest BCUT2D eigenvalue weighted by atomic mass is 10.1. The molecule has 2 amide bonds. The van der Waals surface area contributed by atoms with Gasteiger partial charge in [0.15, 0.2) is 0 Å². The maximum atomic E-state index is 12.4. The Hall–Kier alpha value is -3.38. The molecule has 0 unspecified atom stereocenters. The molecule has 250 valence electrons. The zero-order chi connectivity index (χ0) is 32.4. The van der Waals surface area contributed by atoms with Crippen LogP contribution in [0.5, 0.6) is 0 Å². The smallest absolute Gasteiger partial charge is 0.410 e. The van der Waals surface area contributed by atoms with Crippen LogP contribution in [0.1, 0.15) is 67.4 Å². The van der Waals surface area contributed by atoms with Crippen molar-refractivity contribution in [2.75, 3.05) is 40.5 Å². The number of rotatable bonds is 8. The monoisotopic (exact) mass is 624 g/mol. The van der Waals surface area contributed by atoms with Gasteiger partial charge in [0, 0.05) is 27.3 Å². The van der Waals surface area contributed by atoms with E-state index in [9.17, 15) is 19.2 Å². The number of carboxylic acid groups (broad SMARTS) is 1. The first-order valence-electron chi connectivity index (χ1n) is 14.4. The minimum Gasteiger partial charge on any atom is -0.481 e. The Kier molecular flexibility index (Phi) is 15.1. The maximum absolute atomic E-state index is 12.4. The standard InChI is InChI=1S/C19H27NO5.C12H21NO5.CH4/c1-19(2,3)25-18(22)20-11-15(10-16(20)13-23-4)17(21)24-12-14-8-6-5-7-9-14;1-12(2,3)18-11(16)13-6-8(10(14)15)5-9(13)7-17-4;/h5-9,15-16H,10-13H2,1-4H3;8-9H,5-7H2,1-4H3,(H,14,15);1H4/t15-,16-;8-,9-;/m00./s1. The number of carbonyl (C=O) groups is 4. The molecule has 2 heterocycles. The fourth-order valence-corrected chi connectivity index (χ4v) is 4.82. The number of ether oxygens (including phenoxy) is 5. The van der Waals surface area contributed by atoms with Gasteiger partial charge < -0.3 is 38.6 Å². The van der Waals surface area contributed by atoms with E-state index in [1.807, 2.05) is 51.1 Å². The number of hydrogen-bond acceptors (Lipinski definition) is 9. The predicted octanol–water partition coefficient (Wildman–Crippen LogP) is 4.98. The fourth-order valence-electron chi connectivity index (χ4n) is 4.82. The molecule has 2 aliphatic rings. The average Bonchev–Trinajstić information content (AvgIpc) is 3.52. The lowest BCUT2D eigenvalue weighted by molar-refractivity contribution is -0.149. The van der Waals surface area contributed by atoms with Crippen LogP contribution in [0.15, 0.2) is 30.3 Å². The van der Waals surface area contributed by atoms with E-state index in [0.717, 1.165) is 5.56 Å². The summed E-state index contributed by atoms with van der Waals surface area (Å²) in [5.74, 6) is -2.09. The van der Waals surface area contributed by atoms with Gasteiger partial charge in [0.05, 0.1) is 37.1 Å². The Morgan fingerprint density at radius 3 is 1.61 bits per heavy atom. The number of methoxy groups -OCH3 is 2. The summed E-state index contributed by atoms with van der Waals surface area (Å²) in [4.78, 5) is 50.7. The number of esters is 1. The Labute approximate surface area is 261 Å². The number of amides is 2. The summed E-state index contributed by atoms with van der Waals surface area (Å²) in [5, 5.41) is 9.01. The third-order valence-corrected chi connectivity index (χ3v) is 6.71. The van der Waals surface area contributed by atoms with Gasteiger partial charge in [-0.3, -0.25) is 9.59 Å². The van der Waals surface area contributed by atoms with Gasteiger partial charge in [-0.1, -0.05) is 37.8 Å². The van der Waals surface area contributed by atoms with Crippen LogP contribution in [0.2, 0.25) is 0 Å². The molecule has 0 saturated carbocycles. The van der Waals surface area contributed by atoms with Gasteiger partial charge in [-0.25, -0.2) is 9.59 Å². The molecular weight excluding hydrogens is 572 g/mol. The van der Waals surface area contributed by atoms with E-state index in [0.29, 0.717) is 26.1 Å². The average molecular weight is 625 g/mol. The van der Waals surface area contributed by atoms with E-state index in [4.69, 9.17) is 28.8 Å². The first-order chi connectivity index (χ1) is 20.0. The van der Waals surface area contributed by atoms with Crippen molar-refractivity contribution in [2.45, 2.75) is 91.7 Å². The van der Waals surface area contributed by atoms with Crippen LogP contribution in [-0.2, 0) is 39.9 Å². The first-order valence-corrected chi connectivity index (χ1v) is 14.4. The Morgan fingerprint density at radius 2 is 1.20 bits per heavy atom. The van der Waals surface area contributed by atoms with Crippen molar-refractivity contribution in [1.29, 1.82) is 0 Å². The third kappa shape index (κ3) is 12.7. The summed E-state index contributed by atoms with van der Waals surface area (Å²) in [5.41, 5.74) is -0.234. The number of likely N-dealkylation sites (tertiary alicyclic amines) is 2. The lowest BCUT2D eigenvalue weighted by Crippen LogP contribution is -2.41. The van der Waals surface area contributed by atoms with Crippen molar-refractivity contribution < 1.29 is 48.0 Å². The normalized spacial score (nSPS) is 21.5. The molecule has 3 rings (SSSR count). The maximum Gasteiger partial charge on any atom is 0.410 e. The summed E-state index contributed by atoms with van der Waals surface area (Å²) in [6.07, 6.45) is 0.0181. The molecule has 2 aliphatic heterocycles. The van der Waals surface area contributed by atoms with Crippen LogP contribution in [0, 0.1) is 11.8 Å². The number of carboxylic acids is 1. The van der Waals surface area contributed by atoms with Crippen LogP contribution < -0.4 is 0 Å². The van der Waals surface area contributed by atoms with Crippen LogP contribution >= 0.6 is 0 Å². The SMILES string of the molecule is C.COC[C@@H]1C[C@H](C(=O)O)CN1C(=O)OC(C)(C)C.COC[C@@H]1C[C@H](C(=O)OCc2ccccc2)CN1C(=O)OC(C)(C)C. The summed E-state index contributed by atoms with van der Waals surface area (Å²) in [6, 6.07) is 9.11. The molecule has 0 bridgehead atoms. The van der Waals surface area contributed by atoms with Crippen LogP contribution in [-0.4, -0.2) is 103 Å². The lowest BCUT2D eigenvalue weighted by Gasteiger charge is -2.28. The van der Waals surface area contributed by atoms with Gasteiger partial charge in [-0.15, -0.1) is 0 Å². The van der Waals surface area contributed by atoms with Gasteiger partial charge in [0.2, 0.25) is 0 Å². The molecule has 2 fully saturated rings. The summed E-state index contributed by atoms with van der Waals surface area (Å²) in [7, 11) is 3.11. The summed E-state index contributed by atoms with van der Waals surface area (Å²) < 4.78 is 26.3. The minimum atomic E-state index is -0.887. The van der Waals surface area contributed by atoms with Crippen molar-refractivity contribution in [3.8, 4) is 0 Å². The van der Waals surface area contributed by atoms with Gasteiger partial charge in [0.1, 0.15) is 17.8 Å². The predicted molar refractivity (Wildman–Crippen MR) is 164 cm³/mol. The Bertz CT molecular complexity index is 1070. The van der Waals surface area contributed by atoms with Crippen molar-refractivity contribution in [3.63, 3.8) is 0 Å². The molecule has 0 radical (unpaired) electrons. The first kappa shape index (κ1) is 38.6. The minimum absolute atomic E-state index is 0. The highest BCUT2D eigenvalue weighted by molar-refractivity contribution is 5.76. The Morgan fingerprint density at radius 1 is 0.773 bits per heavy atom. The summed E-state index contributed by atoms with van der Waals surface area (Å²) >= 11 is 0. The Balaban J connectivity index is 0.000000453.